The molecule has 0 unspecified atom stereocenters. The van der Waals surface area contributed by atoms with Gasteiger partial charge in [0, 0.05) is 12.0 Å². The number of methoxy groups -OCH3 is 1. The third kappa shape index (κ3) is 4.33. The van der Waals surface area contributed by atoms with E-state index < -0.39 is 11.4 Å². The number of hydrogen-bond acceptors (Lipinski definition) is 4. The van der Waals surface area contributed by atoms with Crippen LogP contribution in [-0.2, 0) is 16.0 Å². The number of ether oxygens (including phenoxy) is 1. The molecule has 0 N–H and O–H groups in total. The second-order valence-corrected chi connectivity index (χ2v) is 4.99. The van der Waals surface area contributed by atoms with Crippen molar-refractivity contribution in [2.75, 3.05) is 7.11 Å². The molecule has 4 nitrogen and oxygen atoms in total. The molecule has 1 aromatic rings. The topological polar surface area (TPSA) is 73.9 Å². The van der Waals surface area contributed by atoms with Gasteiger partial charge in [-0.3, -0.25) is 0 Å². The van der Waals surface area contributed by atoms with Crippen molar-refractivity contribution < 1.29 is 9.53 Å². The maximum absolute atomic E-state index is 11.5. The molecule has 0 heterocycles. The van der Waals surface area contributed by atoms with Crippen molar-refractivity contribution in [2.45, 2.75) is 20.3 Å². The molecule has 0 spiro atoms. The third-order valence-corrected chi connectivity index (χ3v) is 3.43. The zero-order chi connectivity index (χ0) is 16.6. The second kappa shape index (κ2) is 7.81. The van der Waals surface area contributed by atoms with E-state index in [1.54, 1.807) is 26.0 Å². The molecule has 0 bridgehead atoms. The van der Waals surface area contributed by atoms with Gasteiger partial charge in [-0.1, -0.05) is 36.4 Å². The lowest BCUT2D eigenvalue weighted by Crippen LogP contribution is -2.16. The number of nitriles is 2. The molecule has 0 saturated carbocycles. The lowest BCUT2D eigenvalue weighted by molar-refractivity contribution is -0.136. The predicted octanol–water partition coefficient (Wildman–Crippen LogP) is 3.33. The minimum Gasteiger partial charge on any atom is -0.466 e. The highest BCUT2D eigenvalue weighted by Gasteiger charge is 2.27. The first-order valence-electron chi connectivity index (χ1n) is 6.79. The summed E-state index contributed by atoms with van der Waals surface area (Å²) in [5, 5.41) is 18.8. The molecule has 0 atom stereocenters. The average molecular weight is 294 g/mol. The minimum atomic E-state index is -1.26. The van der Waals surface area contributed by atoms with Gasteiger partial charge in [-0.15, -0.1) is 0 Å². The first kappa shape index (κ1) is 17.2. The number of rotatable bonds is 5. The SMILES string of the molecule is COC(=O)/C(C)=C(C)\C=C\C(C#N)(C#N)Cc1ccccc1. The van der Waals surface area contributed by atoms with E-state index in [1.165, 1.54) is 7.11 Å². The molecule has 0 aromatic heterocycles. The normalized spacial score (nSPS) is 12.2. The van der Waals surface area contributed by atoms with Gasteiger partial charge in [-0.2, -0.15) is 10.5 Å². The van der Waals surface area contributed by atoms with E-state index >= 15 is 0 Å². The van der Waals surface area contributed by atoms with Crippen LogP contribution in [0.15, 0.2) is 53.6 Å². The molecule has 0 aliphatic carbocycles. The summed E-state index contributed by atoms with van der Waals surface area (Å²) in [6, 6.07) is 13.5. The Morgan fingerprint density at radius 1 is 1.23 bits per heavy atom. The van der Waals surface area contributed by atoms with Crippen LogP contribution in [0.25, 0.3) is 0 Å². The summed E-state index contributed by atoms with van der Waals surface area (Å²) in [4.78, 5) is 11.5. The number of hydrogen-bond donors (Lipinski definition) is 0. The monoisotopic (exact) mass is 294 g/mol. The first-order chi connectivity index (χ1) is 10.5. The molecular formula is C18H18N2O2. The van der Waals surface area contributed by atoms with E-state index in [2.05, 4.69) is 16.9 Å². The standard InChI is InChI=1S/C18H18N2O2/c1-14(15(2)17(21)22-3)9-10-18(12-19,13-20)11-16-7-5-4-6-8-16/h4-10H,11H2,1-3H3/b10-9+,15-14-. The number of allylic oxidation sites excluding steroid dienone is 3. The van der Waals surface area contributed by atoms with Crippen LogP contribution in [0.2, 0.25) is 0 Å². The van der Waals surface area contributed by atoms with E-state index in [9.17, 15) is 15.3 Å². The van der Waals surface area contributed by atoms with Crippen LogP contribution in [0.1, 0.15) is 19.4 Å². The van der Waals surface area contributed by atoms with E-state index in [-0.39, 0.29) is 0 Å². The van der Waals surface area contributed by atoms with E-state index in [0.717, 1.165) is 5.56 Å². The van der Waals surface area contributed by atoms with Gasteiger partial charge in [0.1, 0.15) is 0 Å². The van der Waals surface area contributed by atoms with Crippen LogP contribution >= 0.6 is 0 Å². The fourth-order valence-corrected chi connectivity index (χ4v) is 1.86. The van der Waals surface area contributed by atoms with Crippen LogP contribution in [0.3, 0.4) is 0 Å². The predicted molar refractivity (Wildman–Crippen MR) is 83.3 cm³/mol. The van der Waals surface area contributed by atoms with Gasteiger partial charge in [0.2, 0.25) is 0 Å². The van der Waals surface area contributed by atoms with Crippen molar-refractivity contribution in [3.8, 4) is 12.1 Å². The van der Waals surface area contributed by atoms with Crippen LogP contribution in [0.4, 0.5) is 0 Å². The molecule has 4 heteroatoms. The fraction of sp³-hybridized carbons (Fsp3) is 0.278. The molecular weight excluding hydrogens is 276 g/mol. The number of nitrogens with zero attached hydrogens (tertiary/aromatic N) is 2. The minimum absolute atomic E-state index is 0.294. The average Bonchev–Trinajstić information content (AvgIpc) is 2.57. The summed E-state index contributed by atoms with van der Waals surface area (Å²) in [7, 11) is 1.31. The van der Waals surface area contributed by atoms with Gasteiger partial charge in [-0.05, 0) is 31.1 Å². The van der Waals surface area contributed by atoms with Gasteiger partial charge in [0.25, 0.3) is 0 Å². The highest BCUT2D eigenvalue weighted by atomic mass is 16.5. The van der Waals surface area contributed by atoms with Crippen LogP contribution in [-0.4, -0.2) is 13.1 Å². The van der Waals surface area contributed by atoms with Crippen molar-refractivity contribution in [3.05, 3.63) is 59.2 Å². The Morgan fingerprint density at radius 2 is 1.82 bits per heavy atom. The Hall–Kier alpha value is -2.85. The quantitative estimate of drug-likeness (QED) is 0.474. The maximum Gasteiger partial charge on any atom is 0.333 e. The highest BCUT2D eigenvalue weighted by molar-refractivity contribution is 5.89. The van der Waals surface area contributed by atoms with Gasteiger partial charge in [0.15, 0.2) is 5.41 Å². The van der Waals surface area contributed by atoms with E-state index in [1.807, 2.05) is 30.3 Å². The Kier molecular flexibility index (Phi) is 6.10. The van der Waals surface area contributed by atoms with Crippen molar-refractivity contribution in [1.29, 1.82) is 10.5 Å². The Bertz CT molecular complexity index is 659. The van der Waals surface area contributed by atoms with Gasteiger partial charge in [0.05, 0.1) is 19.2 Å². The number of benzene rings is 1. The molecule has 22 heavy (non-hydrogen) atoms. The number of carbonyl (C=O) groups is 1. The van der Waals surface area contributed by atoms with Crippen LogP contribution in [0, 0.1) is 28.1 Å². The van der Waals surface area contributed by atoms with Crippen LogP contribution < -0.4 is 0 Å². The molecule has 0 radical (unpaired) electrons. The summed E-state index contributed by atoms with van der Waals surface area (Å²) in [6.07, 6.45) is 3.46. The summed E-state index contributed by atoms with van der Waals surface area (Å²) < 4.78 is 4.65. The third-order valence-electron chi connectivity index (χ3n) is 3.43. The van der Waals surface area contributed by atoms with Crippen molar-refractivity contribution in [2.24, 2.45) is 5.41 Å². The van der Waals surface area contributed by atoms with Crippen molar-refractivity contribution in [3.63, 3.8) is 0 Å². The Balaban J connectivity index is 3.08. The number of esters is 1. The molecule has 112 valence electrons. The zero-order valence-corrected chi connectivity index (χ0v) is 13.0. The first-order valence-corrected chi connectivity index (χ1v) is 6.79. The summed E-state index contributed by atoms with van der Waals surface area (Å²) >= 11 is 0. The summed E-state index contributed by atoms with van der Waals surface area (Å²) in [6.45, 7) is 3.38. The largest absolute Gasteiger partial charge is 0.466 e. The maximum atomic E-state index is 11.5. The van der Waals surface area contributed by atoms with Gasteiger partial charge < -0.3 is 4.74 Å². The molecule has 1 rings (SSSR count). The Morgan fingerprint density at radius 3 is 2.32 bits per heavy atom. The second-order valence-electron chi connectivity index (χ2n) is 4.99. The van der Waals surface area contributed by atoms with Crippen LogP contribution in [0.5, 0.6) is 0 Å². The van der Waals surface area contributed by atoms with Crippen molar-refractivity contribution in [1.82, 2.24) is 0 Å². The van der Waals surface area contributed by atoms with E-state index in [4.69, 9.17) is 0 Å². The van der Waals surface area contributed by atoms with Gasteiger partial charge >= 0.3 is 5.97 Å². The number of carbonyl (C=O) groups excluding carboxylic acids is 1. The molecule has 0 aliphatic heterocycles. The zero-order valence-electron chi connectivity index (χ0n) is 13.0. The molecule has 0 aliphatic rings. The smallest absolute Gasteiger partial charge is 0.333 e. The Labute approximate surface area is 130 Å². The summed E-state index contributed by atoms with van der Waals surface area (Å²) in [5.74, 6) is -0.426. The molecule has 0 amide bonds. The molecule has 0 fully saturated rings. The molecule has 0 saturated heterocycles. The fourth-order valence-electron chi connectivity index (χ4n) is 1.86. The van der Waals surface area contributed by atoms with E-state index in [0.29, 0.717) is 17.6 Å². The highest BCUT2D eigenvalue weighted by Crippen LogP contribution is 2.24. The van der Waals surface area contributed by atoms with Crippen molar-refractivity contribution >= 4 is 5.97 Å². The lowest BCUT2D eigenvalue weighted by Gasteiger charge is -2.14. The molecule has 1 aromatic carbocycles. The lowest BCUT2D eigenvalue weighted by atomic mass is 9.83. The summed E-state index contributed by atoms with van der Waals surface area (Å²) in [5.41, 5.74) is 0.749. The van der Waals surface area contributed by atoms with Gasteiger partial charge in [-0.25, -0.2) is 4.79 Å².